The Labute approximate surface area is 133 Å². The first-order chi connectivity index (χ1) is 10.8. The molecule has 2 atom stereocenters. The maximum atomic E-state index is 12.8. The highest BCUT2D eigenvalue weighted by Crippen LogP contribution is 2.38. The Kier molecular flexibility index (Phi) is 3.61. The zero-order chi connectivity index (χ0) is 16.9. The zero-order valence-electron chi connectivity index (χ0n) is 13.0. The lowest BCUT2D eigenvalue weighted by Gasteiger charge is -2.40. The summed E-state index contributed by atoms with van der Waals surface area (Å²) in [6.07, 6.45) is 2.88. The summed E-state index contributed by atoms with van der Waals surface area (Å²) in [4.78, 5) is 49.1. The molecule has 4 amide bonds. The Morgan fingerprint density at radius 3 is 2.17 bits per heavy atom. The largest absolute Gasteiger partial charge is 0.326 e. The van der Waals surface area contributed by atoms with Crippen molar-refractivity contribution in [3.8, 4) is 0 Å². The standard InChI is InChI=1S/C15H20N4O4/c1-8-12(15(17)7-3-2-4-9(15)16)14(23)19(13(8)22)18-10(20)5-6-11(18)21/h9H,2-7,16-17H2,1H3. The van der Waals surface area contributed by atoms with Gasteiger partial charge in [-0.2, -0.15) is 10.0 Å². The van der Waals surface area contributed by atoms with Crippen molar-refractivity contribution < 1.29 is 19.2 Å². The molecule has 0 bridgehead atoms. The van der Waals surface area contributed by atoms with Crippen LogP contribution in [0.3, 0.4) is 0 Å². The molecular weight excluding hydrogens is 300 g/mol. The number of imide groups is 2. The maximum Gasteiger partial charge on any atom is 0.278 e. The Morgan fingerprint density at radius 1 is 1.00 bits per heavy atom. The summed E-state index contributed by atoms with van der Waals surface area (Å²) >= 11 is 0. The van der Waals surface area contributed by atoms with Gasteiger partial charge in [-0.05, 0) is 19.8 Å². The van der Waals surface area contributed by atoms with E-state index in [0.29, 0.717) is 22.9 Å². The molecular formula is C15H20N4O4. The van der Waals surface area contributed by atoms with Crippen molar-refractivity contribution in [3.63, 3.8) is 0 Å². The van der Waals surface area contributed by atoms with Crippen LogP contribution in [0.2, 0.25) is 0 Å². The predicted molar refractivity (Wildman–Crippen MR) is 79.0 cm³/mol. The lowest BCUT2D eigenvalue weighted by atomic mass is 9.72. The fourth-order valence-electron chi connectivity index (χ4n) is 3.68. The normalized spacial score (nSPS) is 32.6. The summed E-state index contributed by atoms with van der Waals surface area (Å²) < 4.78 is 0. The van der Waals surface area contributed by atoms with Crippen LogP contribution in [0, 0.1) is 0 Å². The van der Waals surface area contributed by atoms with E-state index in [-0.39, 0.29) is 24.0 Å². The minimum atomic E-state index is -1.10. The monoisotopic (exact) mass is 320 g/mol. The van der Waals surface area contributed by atoms with E-state index in [1.807, 2.05) is 0 Å². The summed E-state index contributed by atoms with van der Waals surface area (Å²) in [5.74, 6) is -2.47. The summed E-state index contributed by atoms with van der Waals surface area (Å²) in [6.45, 7) is 1.50. The topological polar surface area (TPSA) is 127 Å². The van der Waals surface area contributed by atoms with Gasteiger partial charge in [-0.3, -0.25) is 19.2 Å². The van der Waals surface area contributed by atoms with E-state index in [1.165, 1.54) is 6.92 Å². The smallest absolute Gasteiger partial charge is 0.278 e. The van der Waals surface area contributed by atoms with Gasteiger partial charge in [-0.1, -0.05) is 12.8 Å². The fraction of sp³-hybridized carbons (Fsp3) is 0.600. The molecule has 1 aliphatic carbocycles. The summed E-state index contributed by atoms with van der Waals surface area (Å²) in [5, 5.41) is 1.29. The van der Waals surface area contributed by atoms with Crippen LogP contribution in [-0.2, 0) is 19.2 Å². The molecule has 8 nitrogen and oxygen atoms in total. The molecule has 2 heterocycles. The first-order valence-corrected chi connectivity index (χ1v) is 7.79. The van der Waals surface area contributed by atoms with Crippen molar-refractivity contribution in [1.82, 2.24) is 10.0 Å². The van der Waals surface area contributed by atoms with Crippen LogP contribution in [0.4, 0.5) is 0 Å². The zero-order valence-corrected chi connectivity index (χ0v) is 13.0. The first kappa shape index (κ1) is 15.8. The molecule has 0 radical (unpaired) electrons. The molecule has 23 heavy (non-hydrogen) atoms. The quantitative estimate of drug-likeness (QED) is 0.650. The number of hydrazine groups is 1. The highest BCUT2D eigenvalue weighted by Gasteiger charge is 2.53. The van der Waals surface area contributed by atoms with E-state index >= 15 is 0 Å². The Balaban J connectivity index is 2.00. The molecule has 1 saturated carbocycles. The Hall–Kier alpha value is -2.06. The van der Waals surface area contributed by atoms with E-state index in [4.69, 9.17) is 11.5 Å². The molecule has 0 spiro atoms. The van der Waals surface area contributed by atoms with Crippen LogP contribution in [0.25, 0.3) is 0 Å². The average Bonchev–Trinajstić information content (AvgIpc) is 2.93. The summed E-state index contributed by atoms with van der Waals surface area (Å²) in [6, 6.07) is -0.442. The first-order valence-electron chi connectivity index (χ1n) is 7.79. The number of amides is 4. The average molecular weight is 320 g/mol. The second-order valence-corrected chi connectivity index (χ2v) is 6.41. The summed E-state index contributed by atoms with van der Waals surface area (Å²) in [5.41, 5.74) is 11.7. The molecule has 0 aromatic rings. The van der Waals surface area contributed by atoms with Crippen molar-refractivity contribution in [2.45, 2.75) is 57.0 Å². The van der Waals surface area contributed by atoms with E-state index in [1.54, 1.807) is 0 Å². The Bertz CT molecular complexity index is 640. The number of hydrogen-bond acceptors (Lipinski definition) is 6. The molecule has 124 valence electrons. The molecule has 8 heteroatoms. The molecule has 0 aromatic carbocycles. The SMILES string of the molecule is CC1=C(C2(N)CCCCC2N)C(=O)N(N2C(=O)CCC2=O)C1=O. The number of carbonyl (C=O) groups excluding carboxylic acids is 4. The highest BCUT2D eigenvalue weighted by molar-refractivity contribution is 6.22. The number of rotatable bonds is 2. The van der Waals surface area contributed by atoms with Crippen molar-refractivity contribution in [2.75, 3.05) is 0 Å². The van der Waals surface area contributed by atoms with Gasteiger partial charge >= 0.3 is 0 Å². The predicted octanol–water partition coefficient (Wildman–Crippen LogP) is -0.665. The van der Waals surface area contributed by atoms with Crippen LogP contribution in [-0.4, -0.2) is 45.2 Å². The number of carbonyl (C=O) groups is 4. The molecule has 0 aromatic heterocycles. The fourth-order valence-corrected chi connectivity index (χ4v) is 3.68. The van der Waals surface area contributed by atoms with Crippen LogP contribution >= 0.6 is 0 Å². The molecule has 3 rings (SSSR count). The van der Waals surface area contributed by atoms with Crippen LogP contribution in [0.1, 0.15) is 45.4 Å². The molecule has 2 fully saturated rings. The van der Waals surface area contributed by atoms with Gasteiger partial charge in [-0.25, -0.2) is 0 Å². The lowest BCUT2D eigenvalue weighted by Crippen LogP contribution is -2.60. The van der Waals surface area contributed by atoms with E-state index < -0.39 is 35.2 Å². The molecule has 4 N–H and O–H groups in total. The third-order valence-corrected chi connectivity index (χ3v) is 5.00. The molecule has 1 saturated heterocycles. The van der Waals surface area contributed by atoms with Crippen molar-refractivity contribution in [3.05, 3.63) is 11.1 Å². The number of nitrogens with zero attached hydrogens (tertiary/aromatic N) is 2. The van der Waals surface area contributed by atoms with Gasteiger partial charge in [0.05, 0.1) is 5.54 Å². The van der Waals surface area contributed by atoms with Gasteiger partial charge < -0.3 is 11.5 Å². The second kappa shape index (κ2) is 5.24. The van der Waals surface area contributed by atoms with Gasteiger partial charge in [0, 0.05) is 30.0 Å². The van der Waals surface area contributed by atoms with Crippen molar-refractivity contribution in [2.24, 2.45) is 11.5 Å². The third kappa shape index (κ3) is 2.13. The van der Waals surface area contributed by atoms with E-state index in [9.17, 15) is 19.2 Å². The van der Waals surface area contributed by atoms with Crippen molar-refractivity contribution in [1.29, 1.82) is 0 Å². The number of hydrogen-bond donors (Lipinski definition) is 2. The molecule has 2 aliphatic heterocycles. The van der Waals surface area contributed by atoms with E-state index in [2.05, 4.69) is 0 Å². The third-order valence-electron chi connectivity index (χ3n) is 5.00. The van der Waals surface area contributed by atoms with Gasteiger partial charge in [0.25, 0.3) is 11.8 Å². The van der Waals surface area contributed by atoms with Gasteiger partial charge in [-0.15, -0.1) is 0 Å². The van der Waals surface area contributed by atoms with Crippen LogP contribution in [0.5, 0.6) is 0 Å². The van der Waals surface area contributed by atoms with Crippen LogP contribution < -0.4 is 11.5 Å². The minimum Gasteiger partial charge on any atom is -0.326 e. The minimum absolute atomic E-state index is 0.00242. The highest BCUT2D eigenvalue weighted by atomic mass is 16.2. The van der Waals surface area contributed by atoms with E-state index in [0.717, 1.165) is 12.8 Å². The van der Waals surface area contributed by atoms with Crippen LogP contribution in [0.15, 0.2) is 11.1 Å². The molecule has 3 aliphatic rings. The number of nitrogens with two attached hydrogens (primary N) is 2. The van der Waals surface area contributed by atoms with Gasteiger partial charge in [0.2, 0.25) is 11.8 Å². The van der Waals surface area contributed by atoms with Gasteiger partial charge in [0.15, 0.2) is 0 Å². The lowest BCUT2D eigenvalue weighted by molar-refractivity contribution is -0.171. The molecule has 2 unspecified atom stereocenters. The Morgan fingerprint density at radius 2 is 1.61 bits per heavy atom. The second-order valence-electron chi connectivity index (χ2n) is 6.41. The van der Waals surface area contributed by atoms with Crippen molar-refractivity contribution >= 4 is 23.6 Å². The maximum absolute atomic E-state index is 12.8. The summed E-state index contributed by atoms with van der Waals surface area (Å²) in [7, 11) is 0. The van der Waals surface area contributed by atoms with Gasteiger partial charge in [0.1, 0.15) is 0 Å².